The van der Waals surface area contributed by atoms with Gasteiger partial charge in [0.1, 0.15) is 18.0 Å². The van der Waals surface area contributed by atoms with E-state index in [9.17, 15) is 13.6 Å². The van der Waals surface area contributed by atoms with Crippen LogP contribution >= 0.6 is 23.4 Å². The number of aryl methyl sites for hydroxylation is 1. The first-order valence-corrected chi connectivity index (χ1v) is 9.75. The molecule has 0 saturated carbocycles. The summed E-state index contributed by atoms with van der Waals surface area (Å²) in [5, 5.41) is 11.8. The summed E-state index contributed by atoms with van der Waals surface area (Å²) in [6.07, 6.45) is 1.54. The minimum Gasteiger partial charge on any atom is -0.349 e. The maximum atomic E-state index is 13.8. The van der Waals surface area contributed by atoms with Crippen molar-refractivity contribution in [3.8, 4) is 5.69 Å². The van der Waals surface area contributed by atoms with Crippen LogP contribution in [0.5, 0.6) is 0 Å². The lowest BCUT2D eigenvalue weighted by atomic mass is 10.1. The number of carbonyl (C=O) groups excluding carboxylic acids is 1. The summed E-state index contributed by atoms with van der Waals surface area (Å²) in [5.74, 6) is -1.61. The third-order valence-corrected chi connectivity index (χ3v) is 5.44. The van der Waals surface area contributed by atoms with Gasteiger partial charge in [0.15, 0.2) is 5.16 Å². The highest BCUT2D eigenvalue weighted by atomic mass is 35.5. The van der Waals surface area contributed by atoms with Crippen LogP contribution < -0.4 is 5.32 Å². The van der Waals surface area contributed by atoms with E-state index in [0.717, 1.165) is 23.4 Å². The predicted octanol–water partition coefficient (Wildman–Crippen LogP) is 4.48. The molecule has 0 aliphatic carbocycles. The number of nitrogens with one attached hydrogen (secondary N) is 1. The molecule has 1 amide bonds. The SMILES string of the molecule is Cc1ccc(-n2cnnc2SCC(=O)NC(C)c2ccc(F)cc2F)cc1Cl. The van der Waals surface area contributed by atoms with Crippen LogP contribution in [-0.4, -0.2) is 26.4 Å². The molecule has 0 radical (unpaired) electrons. The van der Waals surface area contributed by atoms with Gasteiger partial charge in [-0.3, -0.25) is 9.36 Å². The molecule has 146 valence electrons. The Hall–Kier alpha value is -2.45. The molecule has 9 heteroatoms. The fourth-order valence-electron chi connectivity index (χ4n) is 2.58. The van der Waals surface area contributed by atoms with Gasteiger partial charge >= 0.3 is 0 Å². The Bertz CT molecular complexity index is 1010. The summed E-state index contributed by atoms with van der Waals surface area (Å²) >= 11 is 7.36. The number of benzene rings is 2. The van der Waals surface area contributed by atoms with Crippen LogP contribution in [0.15, 0.2) is 47.9 Å². The highest BCUT2D eigenvalue weighted by molar-refractivity contribution is 7.99. The van der Waals surface area contributed by atoms with E-state index in [2.05, 4.69) is 15.5 Å². The number of carbonyl (C=O) groups is 1. The first-order chi connectivity index (χ1) is 13.3. The zero-order valence-electron chi connectivity index (χ0n) is 15.1. The Balaban J connectivity index is 1.64. The van der Waals surface area contributed by atoms with Crippen LogP contribution in [0.2, 0.25) is 5.02 Å². The van der Waals surface area contributed by atoms with Crippen LogP contribution in [0, 0.1) is 18.6 Å². The fourth-order valence-corrected chi connectivity index (χ4v) is 3.49. The smallest absolute Gasteiger partial charge is 0.230 e. The van der Waals surface area contributed by atoms with E-state index < -0.39 is 17.7 Å². The molecule has 3 rings (SSSR count). The maximum Gasteiger partial charge on any atom is 0.230 e. The molecule has 1 unspecified atom stereocenters. The van der Waals surface area contributed by atoms with E-state index in [0.29, 0.717) is 10.2 Å². The molecule has 0 bridgehead atoms. The van der Waals surface area contributed by atoms with Crippen molar-refractivity contribution in [2.75, 3.05) is 5.75 Å². The molecule has 2 aromatic carbocycles. The van der Waals surface area contributed by atoms with Gasteiger partial charge in [0.05, 0.1) is 17.5 Å². The molecule has 28 heavy (non-hydrogen) atoms. The number of nitrogens with zero attached hydrogens (tertiary/aromatic N) is 3. The summed E-state index contributed by atoms with van der Waals surface area (Å²) < 4.78 is 28.6. The molecule has 0 saturated heterocycles. The van der Waals surface area contributed by atoms with E-state index >= 15 is 0 Å². The molecule has 1 heterocycles. The minimum absolute atomic E-state index is 0.0610. The van der Waals surface area contributed by atoms with Gasteiger partial charge in [-0.2, -0.15) is 0 Å². The minimum atomic E-state index is -0.698. The Morgan fingerprint density at radius 1 is 1.29 bits per heavy atom. The number of hydrogen-bond donors (Lipinski definition) is 1. The third kappa shape index (κ3) is 4.69. The summed E-state index contributed by atoms with van der Waals surface area (Å²) in [4.78, 5) is 12.2. The zero-order valence-corrected chi connectivity index (χ0v) is 16.7. The Morgan fingerprint density at radius 2 is 2.07 bits per heavy atom. The fraction of sp³-hybridized carbons (Fsp3) is 0.211. The molecular weight excluding hydrogens is 406 g/mol. The van der Waals surface area contributed by atoms with Crippen molar-refractivity contribution in [3.63, 3.8) is 0 Å². The number of aromatic nitrogens is 3. The summed E-state index contributed by atoms with van der Waals surface area (Å²) in [6, 6.07) is 8.24. The van der Waals surface area contributed by atoms with Crippen molar-refractivity contribution in [2.45, 2.75) is 25.0 Å². The van der Waals surface area contributed by atoms with Crippen molar-refractivity contribution < 1.29 is 13.6 Å². The maximum absolute atomic E-state index is 13.8. The van der Waals surface area contributed by atoms with Gasteiger partial charge in [-0.05, 0) is 37.6 Å². The monoisotopic (exact) mass is 422 g/mol. The molecular formula is C19H17ClF2N4OS. The van der Waals surface area contributed by atoms with Gasteiger partial charge < -0.3 is 5.32 Å². The van der Waals surface area contributed by atoms with Crippen molar-refractivity contribution in [1.29, 1.82) is 0 Å². The van der Waals surface area contributed by atoms with Gasteiger partial charge in [0, 0.05) is 16.7 Å². The second-order valence-electron chi connectivity index (χ2n) is 6.16. The molecule has 0 spiro atoms. The molecule has 0 aliphatic heterocycles. The molecule has 0 fully saturated rings. The van der Waals surface area contributed by atoms with Crippen molar-refractivity contribution in [2.24, 2.45) is 0 Å². The van der Waals surface area contributed by atoms with Gasteiger partial charge in [-0.1, -0.05) is 35.5 Å². The standard InChI is InChI=1S/C19H17ClF2N4OS/c1-11-3-5-14(8-16(11)20)26-10-23-25-19(26)28-9-18(27)24-12(2)15-6-4-13(21)7-17(15)22/h3-8,10,12H,9H2,1-2H3,(H,24,27). The normalized spacial score (nSPS) is 12.0. The molecule has 5 nitrogen and oxygen atoms in total. The van der Waals surface area contributed by atoms with Crippen LogP contribution in [0.3, 0.4) is 0 Å². The highest BCUT2D eigenvalue weighted by Gasteiger charge is 2.16. The third-order valence-electron chi connectivity index (χ3n) is 4.09. The van der Waals surface area contributed by atoms with E-state index in [1.165, 1.54) is 24.2 Å². The largest absolute Gasteiger partial charge is 0.349 e. The zero-order chi connectivity index (χ0) is 20.3. The molecule has 1 N–H and O–H groups in total. The van der Waals surface area contributed by atoms with Crippen LogP contribution in [0.25, 0.3) is 5.69 Å². The lowest BCUT2D eigenvalue weighted by molar-refractivity contribution is -0.119. The van der Waals surface area contributed by atoms with Crippen LogP contribution in [0.4, 0.5) is 8.78 Å². The van der Waals surface area contributed by atoms with Crippen molar-refractivity contribution in [3.05, 3.63) is 70.5 Å². The van der Waals surface area contributed by atoms with E-state index in [1.807, 2.05) is 19.1 Å². The number of hydrogen-bond acceptors (Lipinski definition) is 4. The first-order valence-electron chi connectivity index (χ1n) is 8.39. The molecule has 0 aliphatic rings. The summed E-state index contributed by atoms with van der Waals surface area (Å²) in [5.41, 5.74) is 1.96. The van der Waals surface area contributed by atoms with Gasteiger partial charge in [-0.15, -0.1) is 10.2 Å². The summed E-state index contributed by atoms with van der Waals surface area (Å²) in [7, 11) is 0. The first kappa shape index (κ1) is 20.3. The Kier molecular flexibility index (Phi) is 6.31. The topological polar surface area (TPSA) is 59.8 Å². The van der Waals surface area contributed by atoms with Crippen LogP contribution in [0.1, 0.15) is 24.1 Å². The Labute approximate surface area is 170 Å². The van der Waals surface area contributed by atoms with Gasteiger partial charge in [-0.25, -0.2) is 8.78 Å². The highest BCUT2D eigenvalue weighted by Crippen LogP contribution is 2.24. The number of halogens is 3. The quantitative estimate of drug-likeness (QED) is 0.595. The van der Waals surface area contributed by atoms with E-state index in [1.54, 1.807) is 17.6 Å². The Morgan fingerprint density at radius 3 is 2.79 bits per heavy atom. The number of amides is 1. The van der Waals surface area contributed by atoms with Crippen LogP contribution in [-0.2, 0) is 4.79 Å². The van der Waals surface area contributed by atoms with Crippen molar-refractivity contribution >= 4 is 29.3 Å². The lowest BCUT2D eigenvalue weighted by Crippen LogP contribution is -2.28. The second kappa shape index (κ2) is 8.70. The van der Waals surface area contributed by atoms with Crippen molar-refractivity contribution in [1.82, 2.24) is 20.1 Å². The van der Waals surface area contributed by atoms with E-state index in [4.69, 9.17) is 11.6 Å². The second-order valence-corrected chi connectivity index (χ2v) is 7.51. The summed E-state index contributed by atoms with van der Waals surface area (Å²) in [6.45, 7) is 3.54. The van der Waals surface area contributed by atoms with Gasteiger partial charge in [0.25, 0.3) is 0 Å². The predicted molar refractivity (Wildman–Crippen MR) is 105 cm³/mol. The average molecular weight is 423 g/mol. The molecule has 1 aromatic heterocycles. The number of rotatable bonds is 6. The molecule has 1 atom stereocenters. The number of thioether (sulfide) groups is 1. The lowest BCUT2D eigenvalue weighted by Gasteiger charge is -2.15. The van der Waals surface area contributed by atoms with Gasteiger partial charge in [0.2, 0.25) is 5.91 Å². The van der Waals surface area contributed by atoms with E-state index in [-0.39, 0.29) is 17.2 Å². The average Bonchev–Trinajstić information content (AvgIpc) is 3.10. The molecule has 3 aromatic rings.